The molecule has 0 saturated carbocycles. The summed E-state index contributed by atoms with van der Waals surface area (Å²) in [4.78, 5) is 23.5. The average Bonchev–Trinajstić information content (AvgIpc) is 2.35. The van der Waals surface area contributed by atoms with E-state index in [9.17, 15) is 9.59 Å². The van der Waals surface area contributed by atoms with Gasteiger partial charge in [-0.3, -0.25) is 4.79 Å². The Kier molecular flexibility index (Phi) is 4.97. The van der Waals surface area contributed by atoms with Gasteiger partial charge in [0.2, 0.25) is 0 Å². The fourth-order valence-electron chi connectivity index (χ4n) is 1.47. The maximum atomic E-state index is 11.9. The molecule has 0 aliphatic rings. The summed E-state index contributed by atoms with van der Waals surface area (Å²) in [5.74, 6) is -0.775. The highest BCUT2D eigenvalue weighted by Crippen LogP contribution is 2.20. The minimum Gasteiger partial charge on any atom is -0.465 e. The summed E-state index contributed by atoms with van der Waals surface area (Å²) in [7, 11) is 1.26. The van der Waals surface area contributed by atoms with Crippen molar-refractivity contribution in [3.63, 3.8) is 0 Å². The van der Waals surface area contributed by atoms with E-state index in [2.05, 4.69) is 4.74 Å². The van der Waals surface area contributed by atoms with Crippen molar-refractivity contribution in [2.45, 2.75) is 18.2 Å². The van der Waals surface area contributed by atoms with E-state index in [1.165, 1.54) is 7.11 Å². The molecule has 1 unspecified atom stereocenters. The zero-order valence-corrected chi connectivity index (χ0v) is 11.0. The second-order valence-electron chi connectivity index (χ2n) is 3.45. The van der Waals surface area contributed by atoms with Crippen molar-refractivity contribution < 1.29 is 14.3 Å². The molecule has 5 heteroatoms. The van der Waals surface area contributed by atoms with Crippen LogP contribution in [0.25, 0.3) is 0 Å². The summed E-state index contributed by atoms with van der Waals surface area (Å²) in [6.07, 6.45) is 0. The number of carbonyl (C=O) groups excluding carboxylic acids is 2. The number of ketones is 1. The van der Waals surface area contributed by atoms with Gasteiger partial charge in [0.1, 0.15) is 0 Å². The van der Waals surface area contributed by atoms with Crippen molar-refractivity contribution in [1.82, 2.24) is 0 Å². The highest BCUT2D eigenvalue weighted by molar-refractivity contribution is 6.34. The Bertz CT molecular complexity index is 441. The molecular formula is C12H12Cl2O3. The minimum atomic E-state index is -0.705. The second kappa shape index (κ2) is 6.03. The van der Waals surface area contributed by atoms with Crippen LogP contribution in [0.15, 0.2) is 18.2 Å². The van der Waals surface area contributed by atoms with E-state index in [4.69, 9.17) is 23.2 Å². The van der Waals surface area contributed by atoms with E-state index in [1.807, 2.05) is 0 Å². The standard InChI is InChI=1S/C12H12Cl2O3/c1-7(14)11(15)9-5-3-4-8(6-13)10(9)12(16)17-2/h3-5,7H,6H2,1-2H3. The van der Waals surface area contributed by atoms with E-state index in [1.54, 1.807) is 25.1 Å². The molecule has 1 aromatic carbocycles. The van der Waals surface area contributed by atoms with Crippen LogP contribution in [0.2, 0.25) is 0 Å². The third-order valence-corrected chi connectivity index (χ3v) is 2.80. The van der Waals surface area contributed by atoms with Crippen LogP contribution in [0.4, 0.5) is 0 Å². The number of hydrogen-bond donors (Lipinski definition) is 0. The molecule has 0 radical (unpaired) electrons. The molecule has 0 fully saturated rings. The molecule has 0 heterocycles. The molecule has 0 saturated heterocycles. The van der Waals surface area contributed by atoms with Gasteiger partial charge in [0.05, 0.1) is 18.1 Å². The topological polar surface area (TPSA) is 43.4 Å². The van der Waals surface area contributed by atoms with Crippen LogP contribution >= 0.6 is 23.2 Å². The van der Waals surface area contributed by atoms with E-state index >= 15 is 0 Å². The van der Waals surface area contributed by atoms with Crippen molar-refractivity contribution >= 4 is 35.0 Å². The first-order chi connectivity index (χ1) is 8.02. The molecule has 3 nitrogen and oxygen atoms in total. The summed E-state index contributed by atoms with van der Waals surface area (Å²) in [6, 6.07) is 4.88. The van der Waals surface area contributed by atoms with Crippen molar-refractivity contribution in [3.8, 4) is 0 Å². The third-order valence-electron chi connectivity index (χ3n) is 2.31. The largest absolute Gasteiger partial charge is 0.465 e. The Morgan fingerprint density at radius 1 is 1.41 bits per heavy atom. The molecule has 0 N–H and O–H groups in total. The number of ether oxygens (including phenoxy) is 1. The Labute approximate surface area is 110 Å². The maximum absolute atomic E-state index is 11.9. The fourth-order valence-corrected chi connectivity index (χ4v) is 1.81. The predicted molar refractivity (Wildman–Crippen MR) is 67.0 cm³/mol. The average molecular weight is 275 g/mol. The number of Topliss-reactive ketones (excluding diaryl/α,β-unsaturated/α-hetero) is 1. The van der Waals surface area contributed by atoms with Gasteiger partial charge in [-0.2, -0.15) is 0 Å². The number of benzene rings is 1. The van der Waals surface area contributed by atoms with Crippen LogP contribution in [0.1, 0.15) is 33.2 Å². The molecule has 0 aliphatic carbocycles. The fraction of sp³-hybridized carbons (Fsp3) is 0.333. The zero-order chi connectivity index (χ0) is 13.0. The number of carbonyl (C=O) groups is 2. The van der Waals surface area contributed by atoms with Gasteiger partial charge in [-0.25, -0.2) is 4.79 Å². The molecule has 0 spiro atoms. The summed E-state index contributed by atoms with van der Waals surface area (Å²) in [5, 5.41) is -0.705. The zero-order valence-electron chi connectivity index (χ0n) is 9.50. The van der Waals surface area contributed by atoms with Gasteiger partial charge < -0.3 is 4.74 Å². The summed E-state index contributed by atoms with van der Waals surface area (Å²) in [5.41, 5.74) is 1.00. The van der Waals surface area contributed by atoms with Gasteiger partial charge in [-0.15, -0.1) is 23.2 Å². The molecule has 0 amide bonds. The summed E-state index contributed by atoms with van der Waals surface area (Å²) >= 11 is 11.5. The SMILES string of the molecule is COC(=O)c1c(CCl)cccc1C(=O)C(C)Cl. The van der Waals surface area contributed by atoms with Gasteiger partial charge in [-0.1, -0.05) is 18.2 Å². The number of methoxy groups -OCH3 is 1. The Morgan fingerprint density at radius 3 is 2.53 bits per heavy atom. The van der Waals surface area contributed by atoms with Crippen LogP contribution < -0.4 is 0 Å². The monoisotopic (exact) mass is 274 g/mol. The van der Waals surface area contributed by atoms with Crippen LogP contribution in [0.3, 0.4) is 0 Å². The first-order valence-corrected chi connectivity index (χ1v) is 5.94. The summed E-state index contributed by atoms with van der Waals surface area (Å²) < 4.78 is 4.66. The van der Waals surface area contributed by atoms with Crippen molar-refractivity contribution in [2.75, 3.05) is 7.11 Å². The van der Waals surface area contributed by atoms with Gasteiger partial charge >= 0.3 is 5.97 Å². The highest BCUT2D eigenvalue weighted by atomic mass is 35.5. The highest BCUT2D eigenvalue weighted by Gasteiger charge is 2.23. The molecule has 1 atom stereocenters. The number of rotatable bonds is 4. The molecule has 17 heavy (non-hydrogen) atoms. The summed E-state index contributed by atoms with van der Waals surface area (Å²) in [6.45, 7) is 1.55. The number of hydrogen-bond acceptors (Lipinski definition) is 3. The van der Waals surface area contributed by atoms with Crippen molar-refractivity contribution in [3.05, 3.63) is 34.9 Å². The quantitative estimate of drug-likeness (QED) is 0.482. The van der Waals surface area contributed by atoms with Gasteiger partial charge in [0, 0.05) is 11.4 Å². The lowest BCUT2D eigenvalue weighted by Crippen LogP contribution is -2.18. The Hall–Kier alpha value is -1.06. The predicted octanol–water partition coefficient (Wildman–Crippen LogP) is 3.02. The van der Waals surface area contributed by atoms with Crippen LogP contribution in [0.5, 0.6) is 0 Å². The molecular weight excluding hydrogens is 263 g/mol. The Balaban J connectivity index is 3.39. The smallest absolute Gasteiger partial charge is 0.338 e. The van der Waals surface area contributed by atoms with Crippen molar-refractivity contribution in [1.29, 1.82) is 0 Å². The van der Waals surface area contributed by atoms with Gasteiger partial charge in [-0.05, 0) is 12.5 Å². The lowest BCUT2D eigenvalue weighted by Gasteiger charge is -2.11. The lowest BCUT2D eigenvalue weighted by atomic mass is 9.97. The molecule has 0 bridgehead atoms. The third kappa shape index (κ3) is 2.99. The van der Waals surface area contributed by atoms with Crippen molar-refractivity contribution in [2.24, 2.45) is 0 Å². The van der Waals surface area contributed by atoms with E-state index in [0.717, 1.165) is 0 Å². The van der Waals surface area contributed by atoms with Gasteiger partial charge in [0.15, 0.2) is 5.78 Å². The Morgan fingerprint density at radius 2 is 2.06 bits per heavy atom. The molecule has 0 aliphatic heterocycles. The molecule has 0 aromatic heterocycles. The first-order valence-electron chi connectivity index (χ1n) is 4.97. The van der Waals surface area contributed by atoms with Gasteiger partial charge in [0.25, 0.3) is 0 Å². The number of alkyl halides is 2. The maximum Gasteiger partial charge on any atom is 0.338 e. The molecule has 1 rings (SSSR count). The minimum absolute atomic E-state index is 0.127. The number of esters is 1. The first kappa shape index (κ1) is 14.0. The van der Waals surface area contributed by atoms with Crippen LogP contribution in [-0.2, 0) is 10.6 Å². The van der Waals surface area contributed by atoms with E-state index in [0.29, 0.717) is 5.56 Å². The molecule has 92 valence electrons. The van der Waals surface area contributed by atoms with Crippen LogP contribution in [0, 0.1) is 0 Å². The lowest BCUT2D eigenvalue weighted by molar-refractivity contribution is 0.0596. The second-order valence-corrected chi connectivity index (χ2v) is 4.37. The van der Waals surface area contributed by atoms with Crippen LogP contribution in [-0.4, -0.2) is 24.2 Å². The normalized spacial score (nSPS) is 12.0. The number of halogens is 2. The molecule has 1 aromatic rings. The van der Waals surface area contributed by atoms with E-state index < -0.39 is 11.3 Å². The van der Waals surface area contributed by atoms with E-state index in [-0.39, 0.29) is 22.8 Å².